The first-order valence-corrected chi connectivity index (χ1v) is 21.4. The Bertz CT molecular complexity index is 2730. The summed E-state index contributed by atoms with van der Waals surface area (Å²) in [7, 11) is 3.25. The lowest BCUT2D eigenvalue weighted by molar-refractivity contribution is 0.0991. The molecule has 2 aromatic carbocycles. The van der Waals surface area contributed by atoms with Crippen molar-refractivity contribution in [3.8, 4) is 11.5 Å². The predicted molar refractivity (Wildman–Crippen MR) is 249 cm³/mol. The molecule has 5 heterocycles. The Labute approximate surface area is 376 Å². The Morgan fingerprint density at radius 1 is 0.769 bits per heavy atom. The van der Waals surface area contributed by atoms with Gasteiger partial charge in [-0.3, -0.25) is 38.8 Å². The van der Waals surface area contributed by atoms with Gasteiger partial charge in [-0.2, -0.15) is 10.2 Å². The number of ether oxygens (including phenoxy) is 2. The third kappa shape index (κ3) is 11.1. The number of nitrogens with two attached hydrogens (primary N) is 3. The number of primary amides is 2. The number of fused-ring (bicyclic) bond motifs is 2. The smallest absolute Gasteiger partial charge is 0.276 e. The summed E-state index contributed by atoms with van der Waals surface area (Å²) in [6.07, 6.45) is 10.7. The minimum atomic E-state index is -0.638. The highest BCUT2D eigenvalue weighted by Gasteiger charge is 2.22. The molecule has 0 radical (unpaired) electrons. The average molecular weight is 891 g/mol. The number of allylic oxidation sites excluding steroid dienone is 2. The maximum atomic E-state index is 13.5. The van der Waals surface area contributed by atoms with Crippen LogP contribution in [0.3, 0.4) is 0 Å². The van der Waals surface area contributed by atoms with Gasteiger partial charge in [-0.1, -0.05) is 24.3 Å². The maximum absolute atomic E-state index is 13.5. The fourth-order valence-corrected chi connectivity index (χ4v) is 7.63. The summed E-state index contributed by atoms with van der Waals surface area (Å²) >= 11 is 0. The van der Waals surface area contributed by atoms with Gasteiger partial charge in [0.15, 0.2) is 6.29 Å². The molecule has 1 aliphatic rings. The van der Waals surface area contributed by atoms with Gasteiger partial charge < -0.3 is 41.1 Å². The molecule has 20 nitrogen and oxygen atoms in total. The van der Waals surface area contributed by atoms with Crippen LogP contribution in [-0.4, -0.2) is 114 Å². The summed E-state index contributed by atoms with van der Waals surface area (Å²) in [5.41, 5.74) is 22.7. The molecule has 4 aromatic heterocycles. The Morgan fingerprint density at radius 2 is 1.32 bits per heavy atom. The number of aromatic nitrogens is 8. The van der Waals surface area contributed by atoms with Crippen molar-refractivity contribution in [2.45, 2.75) is 72.8 Å². The summed E-state index contributed by atoms with van der Waals surface area (Å²) in [5.74, 6) is -0.00780. The van der Waals surface area contributed by atoms with Crippen LogP contribution in [0.4, 0.5) is 11.9 Å². The molecule has 3 amide bonds. The lowest BCUT2D eigenvalue weighted by atomic mass is 10.1. The molecule has 0 saturated carbocycles. The Balaban J connectivity index is 0.000000618. The number of carbonyl (C=O) groups excluding carboxylic acids is 4. The molecule has 1 fully saturated rings. The summed E-state index contributed by atoms with van der Waals surface area (Å²) in [4.78, 5) is 60.0. The van der Waals surface area contributed by atoms with E-state index >= 15 is 0 Å². The third-order valence-corrected chi connectivity index (χ3v) is 10.9. The molecule has 20 heteroatoms. The van der Waals surface area contributed by atoms with Gasteiger partial charge in [-0.15, -0.1) is 0 Å². The summed E-state index contributed by atoms with van der Waals surface area (Å²) in [6, 6.07) is 10.1. The number of hydrogen-bond acceptors (Lipinski definition) is 13. The molecule has 65 heavy (non-hydrogen) atoms. The Hall–Kier alpha value is -7.32. The lowest BCUT2D eigenvalue weighted by Gasteiger charge is -2.28. The van der Waals surface area contributed by atoms with Gasteiger partial charge in [0.05, 0.1) is 29.5 Å². The topological polar surface area (TPSA) is 263 Å². The molecule has 0 spiro atoms. The predicted octanol–water partition coefficient (Wildman–Crippen LogP) is 4.05. The fourth-order valence-electron chi connectivity index (χ4n) is 7.63. The number of aldehydes is 1. The molecule has 1 saturated heterocycles. The number of piperidine rings is 1. The number of amides is 3. The molecule has 0 unspecified atom stereocenters. The number of anilines is 2. The second kappa shape index (κ2) is 21.4. The van der Waals surface area contributed by atoms with Crippen LogP contribution in [0.5, 0.6) is 11.5 Å². The van der Waals surface area contributed by atoms with Crippen LogP contribution in [0.25, 0.3) is 22.1 Å². The van der Waals surface area contributed by atoms with Crippen LogP contribution in [0.2, 0.25) is 0 Å². The highest BCUT2D eigenvalue weighted by atomic mass is 16.5. The Morgan fingerprint density at radius 3 is 1.89 bits per heavy atom. The standard InChI is InChI=1S/C38H48N12O5.C7H10N2O/c1-5-50-29(18-23(2)46-50)36(53)45-38-44-27-19-24(34(40)51)21-30(54-4)32(27)49(38)14-7-6-13-48-33-28(43-37(48)42-3)20-25(35(41)52)22-31(33)55-17-9-8-12-47-15-10-26(39)11-16-47;1-3-9-7(5-10)4-6(2)8-9/h6-9,18-22,26H,5,10-17,39H2,1-4H3,(H2,40,51)(H2,41,52)(H,42,43)(H,44,45,53);4-5H,3H2,1-2H3/b7-6+,9-8-;. The van der Waals surface area contributed by atoms with Crippen molar-refractivity contribution in [2.75, 3.05) is 51.0 Å². The van der Waals surface area contributed by atoms with Crippen molar-refractivity contribution in [2.24, 2.45) is 17.2 Å². The molecule has 7 rings (SSSR count). The first kappa shape index (κ1) is 47.2. The van der Waals surface area contributed by atoms with Crippen molar-refractivity contribution in [3.63, 3.8) is 0 Å². The van der Waals surface area contributed by atoms with E-state index in [0.29, 0.717) is 69.7 Å². The van der Waals surface area contributed by atoms with Crippen LogP contribution in [0.1, 0.15) is 79.8 Å². The molecular weight excluding hydrogens is 833 g/mol. The largest absolute Gasteiger partial charge is 0.494 e. The Kier molecular flexibility index (Phi) is 15.5. The summed E-state index contributed by atoms with van der Waals surface area (Å²) < 4.78 is 18.9. The number of nitrogens with zero attached hydrogens (tertiary/aromatic N) is 9. The fraction of sp³-hybridized carbons (Fsp3) is 0.378. The van der Waals surface area contributed by atoms with Crippen LogP contribution in [0.15, 0.2) is 60.7 Å². The zero-order valence-corrected chi connectivity index (χ0v) is 37.7. The molecule has 1 aliphatic heterocycles. The molecule has 6 aromatic rings. The van der Waals surface area contributed by atoms with Gasteiger partial charge in [-0.25, -0.2) is 9.97 Å². The number of benzene rings is 2. The van der Waals surface area contributed by atoms with E-state index in [2.05, 4.69) is 36.8 Å². The van der Waals surface area contributed by atoms with Gasteiger partial charge in [0.1, 0.15) is 40.5 Å². The second-order valence-electron chi connectivity index (χ2n) is 15.4. The number of methoxy groups -OCH3 is 1. The molecule has 0 aliphatic carbocycles. The number of carbonyl (C=O) groups is 4. The number of rotatable bonds is 18. The number of aryl methyl sites for hydroxylation is 4. The van der Waals surface area contributed by atoms with E-state index in [1.165, 1.54) is 7.11 Å². The quantitative estimate of drug-likeness (QED) is 0.0603. The van der Waals surface area contributed by atoms with Gasteiger partial charge in [-0.05, 0) is 90.0 Å². The summed E-state index contributed by atoms with van der Waals surface area (Å²) in [5, 5.41) is 14.5. The van der Waals surface area contributed by atoms with Gasteiger partial charge in [0.2, 0.25) is 23.7 Å². The van der Waals surface area contributed by atoms with E-state index in [-0.39, 0.29) is 36.3 Å². The van der Waals surface area contributed by atoms with Crippen molar-refractivity contribution in [1.29, 1.82) is 0 Å². The number of nitrogens with one attached hydrogen (secondary N) is 2. The van der Waals surface area contributed by atoms with Crippen molar-refractivity contribution < 1.29 is 28.7 Å². The van der Waals surface area contributed by atoms with Gasteiger partial charge >= 0.3 is 0 Å². The van der Waals surface area contributed by atoms with Crippen molar-refractivity contribution >= 4 is 58.0 Å². The third-order valence-electron chi connectivity index (χ3n) is 10.9. The first-order valence-electron chi connectivity index (χ1n) is 21.4. The normalized spacial score (nSPS) is 13.4. The van der Waals surface area contributed by atoms with Crippen molar-refractivity contribution in [1.82, 2.24) is 43.6 Å². The van der Waals surface area contributed by atoms with E-state index in [1.807, 2.05) is 50.5 Å². The van der Waals surface area contributed by atoms with Crippen LogP contribution >= 0.6 is 0 Å². The molecule has 0 bridgehead atoms. The molecular formula is C45H58N14O6. The highest BCUT2D eigenvalue weighted by molar-refractivity contribution is 6.04. The van der Waals surface area contributed by atoms with Crippen molar-refractivity contribution in [3.05, 3.63) is 94.6 Å². The minimum absolute atomic E-state index is 0.217. The lowest BCUT2D eigenvalue weighted by Crippen LogP contribution is -2.39. The number of imidazole rings is 2. The molecule has 0 atom stereocenters. The van der Waals surface area contributed by atoms with E-state index < -0.39 is 17.7 Å². The van der Waals surface area contributed by atoms with Crippen LogP contribution in [-0.2, 0) is 26.2 Å². The summed E-state index contributed by atoms with van der Waals surface area (Å²) in [6.45, 7) is 12.4. The van der Waals surface area contributed by atoms with Gasteiger partial charge in [0.25, 0.3) is 5.91 Å². The minimum Gasteiger partial charge on any atom is -0.494 e. The molecule has 8 N–H and O–H groups in total. The highest BCUT2D eigenvalue weighted by Crippen LogP contribution is 2.33. The SMILES string of the molecule is CCn1nc(C)cc1C(=O)Nc1nc2cc(C(N)=O)cc(OC)c2n1C/C=C/Cn1c(NC)nc2cc(C(N)=O)cc(OC/C=C\CN3CCC(N)CC3)c21.CCn1nc(C)cc1C=O. The van der Waals surface area contributed by atoms with E-state index in [9.17, 15) is 19.2 Å². The van der Waals surface area contributed by atoms with E-state index in [0.717, 1.165) is 51.0 Å². The second-order valence-corrected chi connectivity index (χ2v) is 15.4. The molecule has 344 valence electrons. The monoisotopic (exact) mass is 890 g/mol. The maximum Gasteiger partial charge on any atom is 0.276 e. The van der Waals surface area contributed by atoms with E-state index in [1.54, 1.807) is 57.4 Å². The van der Waals surface area contributed by atoms with Gasteiger partial charge in [0, 0.05) is 56.9 Å². The first-order chi connectivity index (χ1) is 31.3. The van der Waals surface area contributed by atoms with E-state index in [4.69, 9.17) is 31.7 Å². The van der Waals surface area contributed by atoms with Crippen LogP contribution in [0, 0.1) is 13.8 Å². The van der Waals surface area contributed by atoms with Crippen LogP contribution < -0.4 is 37.3 Å². The zero-order chi connectivity index (χ0) is 46.8. The zero-order valence-electron chi connectivity index (χ0n) is 37.7. The number of hydrogen-bond donors (Lipinski definition) is 5. The average Bonchev–Trinajstić information content (AvgIpc) is 4.07. The number of likely N-dealkylation sites (tertiary alicyclic amines) is 1.